The molecule has 4 nitrogen and oxygen atoms in total. The maximum Gasteiger partial charge on any atom is 0.168 e. The second kappa shape index (κ2) is 4.55. The van der Waals surface area contributed by atoms with Crippen LogP contribution >= 0.6 is 23.4 Å². The van der Waals surface area contributed by atoms with E-state index in [2.05, 4.69) is 9.89 Å². The van der Waals surface area contributed by atoms with Crippen molar-refractivity contribution in [1.82, 2.24) is 4.90 Å². The predicted octanol–water partition coefficient (Wildman–Crippen LogP) is 3.17. The molecule has 0 aliphatic carbocycles. The minimum absolute atomic E-state index is 0.0105. The molecule has 102 valence electrons. The van der Waals surface area contributed by atoms with Crippen LogP contribution in [0.1, 0.15) is 5.56 Å². The van der Waals surface area contributed by atoms with Crippen molar-refractivity contribution in [2.75, 3.05) is 19.7 Å². The highest BCUT2D eigenvalue weighted by Gasteiger charge is 2.32. The number of aliphatic hydroxyl groups is 1. The lowest BCUT2D eigenvalue weighted by atomic mass is 10.1. The molecule has 0 saturated carbocycles. The monoisotopic (exact) mass is 306 g/mol. The first kappa shape index (κ1) is 12.3. The molecule has 0 fully saturated rings. The van der Waals surface area contributed by atoms with E-state index in [0.717, 1.165) is 39.8 Å². The first-order chi connectivity index (χ1) is 9.78. The van der Waals surface area contributed by atoms with E-state index >= 15 is 0 Å². The Hall–Kier alpha value is -1.43. The van der Waals surface area contributed by atoms with Crippen molar-refractivity contribution in [3.8, 4) is 0 Å². The number of amidine groups is 1. The second-order valence-corrected chi connectivity index (χ2v) is 6.11. The number of fused-ring (bicyclic) bond motifs is 2. The minimum Gasteiger partial charge on any atom is -0.463 e. The Kier molecular flexibility index (Phi) is 2.80. The number of nitrogens with zero attached hydrogens (tertiary/aromatic N) is 2. The third-order valence-corrected chi connectivity index (χ3v) is 4.85. The van der Waals surface area contributed by atoms with Crippen molar-refractivity contribution in [3.63, 3.8) is 0 Å². The molecule has 0 amide bonds. The lowest BCUT2D eigenvalue weighted by molar-refractivity contribution is 0.339. The molecule has 4 rings (SSSR count). The summed E-state index contributed by atoms with van der Waals surface area (Å²) in [5, 5.41) is 12.1. The average Bonchev–Trinajstić information content (AvgIpc) is 3.12. The zero-order valence-corrected chi connectivity index (χ0v) is 12.0. The number of aliphatic imine (C=N–C) groups is 1. The minimum atomic E-state index is 0.0105. The highest BCUT2D eigenvalue weighted by molar-refractivity contribution is 8.17. The number of hydrogen-bond donors (Lipinski definition) is 1. The molecule has 1 N–H and O–H groups in total. The molecule has 6 heteroatoms. The molecule has 0 unspecified atom stereocenters. The summed E-state index contributed by atoms with van der Waals surface area (Å²) in [6.07, 6.45) is 1.63. The van der Waals surface area contributed by atoms with Gasteiger partial charge in [-0.2, -0.15) is 0 Å². The Morgan fingerprint density at radius 2 is 2.35 bits per heavy atom. The van der Waals surface area contributed by atoms with E-state index in [9.17, 15) is 5.11 Å². The van der Waals surface area contributed by atoms with Gasteiger partial charge in [-0.25, -0.2) is 0 Å². The third-order valence-electron chi connectivity index (χ3n) is 3.47. The van der Waals surface area contributed by atoms with Crippen LogP contribution in [0.3, 0.4) is 0 Å². The zero-order valence-electron chi connectivity index (χ0n) is 10.5. The van der Waals surface area contributed by atoms with Crippen molar-refractivity contribution < 1.29 is 9.52 Å². The number of halogens is 1. The van der Waals surface area contributed by atoms with Crippen LogP contribution in [0.15, 0.2) is 38.8 Å². The molecule has 3 heterocycles. The SMILES string of the molecule is OCC1=C(c2cc(Cl)c3occc3c2)N2CCN=C2S1. The summed E-state index contributed by atoms with van der Waals surface area (Å²) in [6, 6.07) is 5.82. The standard InChI is InChI=1S/C14H11ClN2O2S/c15-10-6-9(5-8-1-4-19-13(8)10)12-11(7-18)20-14-16-2-3-17(12)14/h1,4-6,18H,2-3,7H2. The molecule has 2 aliphatic heterocycles. The van der Waals surface area contributed by atoms with Gasteiger partial charge in [0.15, 0.2) is 10.8 Å². The summed E-state index contributed by atoms with van der Waals surface area (Å²) in [6.45, 7) is 1.66. The van der Waals surface area contributed by atoms with Crippen molar-refractivity contribution in [3.05, 3.63) is 40.0 Å². The molecule has 0 radical (unpaired) electrons. The maximum atomic E-state index is 9.58. The Morgan fingerprint density at radius 3 is 3.20 bits per heavy atom. The van der Waals surface area contributed by atoms with Crippen LogP contribution in [0.5, 0.6) is 0 Å². The van der Waals surface area contributed by atoms with Gasteiger partial charge in [-0.05, 0) is 18.2 Å². The number of rotatable bonds is 2. The largest absolute Gasteiger partial charge is 0.463 e. The van der Waals surface area contributed by atoms with E-state index in [1.54, 1.807) is 6.26 Å². The van der Waals surface area contributed by atoms with E-state index in [4.69, 9.17) is 16.0 Å². The van der Waals surface area contributed by atoms with Gasteiger partial charge in [0.05, 0.1) is 30.1 Å². The number of aliphatic hydroxyl groups excluding tert-OH is 1. The molecule has 0 spiro atoms. The van der Waals surface area contributed by atoms with E-state index in [-0.39, 0.29) is 6.61 Å². The first-order valence-corrected chi connectivity index (χ1v) is 7.48. The molecule has 1 aromatic heterocycles. The lowest BCUT2D eigenvalue weighted by Crippen LogP contribution is -2.20. The van der Waals surface area contributed by atoms with E-state index in [1.807, 2.05) is 18.2 Å². The number of furan rings is 1. The van der Waals surface area contributed by atoms with Crippen LogP contribution < -0.4 is 0 Å². The first-order valence-electron chi connectivity index (χ1n) is 6.29. The summed E-state index contributed by atoms with van der Waals surface area (Å²) in [5.41, 5.74) is 2.70. The Morgan fingerprint density at radius 1 is 1.45 bits per heavy atom. The van der Waals surface area contributed by atoms with Gasteiger partial charge >= 0.3 is 0 Å². The summed E-state index contributed by atoms with van der Waals surface area (Å²) in [5.74, 6) is 0. The van der Waals surface area contributed by atoms with Gasteiger partial charge < -0.3 is 14.4 Å². The summed E-state index contributed by atoms with van der Waals surface area (Å²) < 4.78 is 5.37. The molecule has 1 aromatic carbocycles. The summed E-state index contributed by atoms with van der Waals surface area (Å²) >= 11 is 7.82. The molecular formula is C14H11ClN2O2S. The van der Waals surface area contributed by atoms with Gasteiger partial charge in [0.25, 0.3) is 0 Å². The van der Waals surface area contributed by atoms with E-state index in [1.165, 1.54) is 11.8 Å². The number of benzene rings is 1. The van der Waals surface area contributed by atoms with Gasteiger partial charge in [-0.15, -0.1) is 0 Å². The Labute approximate surface area is 124 Å². The molecule has 0 bridgehead atoms. The van der Waals surface area contributed by atoms with Crippen LogP contribution in [0.4, 0.5) is 0 Å². The topological polar surface area (TPSA) is 49.0 Å². The van der Waals surface area contributed by atoms with Gasteiger partial charge in [-0.1, -0.05) is 23.4 Å². The van der Waals surface area contributed by atoms with Crippen molar-refractivity contribution in [1.29, 1.82) is 0 Å². The van der Waals surface area contributed by atoms with Crippen molar-refractivity contribution in [2.45, 2.75) is 0 Å². The second-order valence-electron chi connectivity index (χ2n) is 4.64. The quantitative estimate of drug-likeness (QED) is 0.926. The number of hydrogen-bond acceptors (Lipinski definition) is 5. The predicted molar refractivity (Wildman–Crippen MR) is 81.8 cm³/mol. The summed E-state index contributed by atoms with van der Waals surface area (Å²) in [7, 11) is 0. The fraction of sp³-hybridized carbons (Fsp3) is 0.214. The molecule has 0 saturated heterocycles. The Bertz CT molecular complexity index is 766. The van der Waals surface area contributed by atoms with E-state index in [0.29, 0.717) is 10.6 Å². The smallest absolute Gasteiger partial charge is 0.168 e. The van der Waals surface area contributed by atoms with Crippen molar-refractivity contribution >= 4 is 45.2 Å². The lowest BCUT2D eigenvalue weighted by Gasteiger charge is -2.17. The highest BCUT2D eigenvalue weighted by atomic mass is 35.5. The zero-order chi connectivity index (χ0) is 13.7. The Balaban J connectivity index is 1.90. The number of thioether (sulfide) groups is 1. The molecule has 2 aromatic rings. The summed E-state index contributed by atoms with van der Waals surface area (Å²) in [4.78, 5) is 7.51. The van der Waals surface area contributed by atoms with Gasteiger partial charge in [0.2, 0.25) is 0 Å². The molecule has 0 atom stereocenters. The van der Waals surface area contributed by atoms with Crippen LogP contribution in [0, 0.1) is 0 Å². The van der Waals surface area contributed by atoms with Crippen LogP contribution in [0.25, 0.3) is 16.7 Å². The van der Waals surface area contributed by atoms with Gasteiger partial charge in [-0.3, -0.25) is 4.99 Å². The fourth-order valence-electron chi connectivity index (χ4n) is 2.63. The van der Waals surface area contributed by atoms with Crippen LogP contribution in [-0.2, 0) is 0 Å². The maximum absolute atomic E-state index is 9.58. The van der Waals surface area contributed by atoms with Crippen molar-refractivity contribution in [2.24, 2.45) is 4.99 Å². The highest BCUT2D eigenvalue weighted by Crippen LogP contribution is 2.42. The fourth-order valence-corrected chi connectivity index (χ4v) is 3.96. The van der Waals surface area contributed by atoms with Crippen LogP contribution in [-0.4, -0.2) is 34.9 Å². The molecular weight excluding hydrogens is 296 g/mol. The third kappa shape index (κ3) is 1.70. The average molecular weight is 307 g/mol. The van der Waals surface area contributed by atoms with E-state index < -0.39 is 0 Å². The van der Waals surface area contributed by atoms with Gasteiger partial charge in [0.1, 0.15) is 0 Å². The van der Waals surface area contributed by atoms with Gasteiger partial charge in [0, 0.05) is 22.4 Å². The normalized spacial score (nSPS) is 18.1. The molecule has 2 aliphatic rings. The van der Waals surface area contributed by atoms with Crippen LogP contribution in [0.2, 0.25) is 5.02 Å². The molecule has 20 heavy (non-hydrogen) atoms.